The number of nitrogens with zero attached hydrogens (tertiary/aromatic N) is 1. The Morgan fingerprint density at radius 2 is 1.46 bits per heavy atom. The minimum absolute atomic E-state index is 0.955. The van der Waals surface area contributed by atoms with E-state index in [9.17, 15) is 0 Å². The van der Waals surface area contributed by atoms with Crippen molar-refractivity contribution in [1.29, 1.82) is 0 Å². The molecule has 0 spiro atoms. The van der Waals surface area contributed by atoms with Crippen LogP contribution in [-0.4, -0.2) is 4.57 Å². The molecule has 0 amide bonds. The van der Waals surface area contributed by atoms with Crippen LogP contribution in [0.2, 0.25) is 0 Å². The normalized spacial score (nSPS) is 10.9. The summed E-state index contributed by atoms with van der Waals surface area (Å²) in [6.07, 6.45) is 8.62. The van der Waals surface area contributed by atoms with E-state index in [1.54, 1.807) is 0 Å². The summed E-state index contributed by atoms with van der Waals surface area (Å²) in [5, 5.41) is 0. The van der Waals surface area contributed by atoms with E-state index in [0.29, 0.717) is 0 Å². The second kappa shape index (κ2) is 8.54. The summed E-state index contributed by atoms with van der Waals surface area (Å²) in [7, 11) is 0. The molecule has 0 atom stereocenters. The third-order valence-electron chi connectivity index (χ3n) is 4.63. The fourth-order valence-electron chi connectivity index (χ4n) is 3.31. The number of benzene rings is 2. The maximum absolute atomic E-state index is 2.43. The van der Waals surface area contributed by atoms with Gasteiger partial charge in [0.05, 0.1) is 0 Å². The largest absolute Gasteiger partial charge is 0.346 e. The molecule has 1 heteroatoms. The van der Waals surface area contributed by atoms with Crippen molar-refractivity contribution in [3.63, 3.8) is 0 Å². The Kier molecular flexibility index (Phi) is 5.90. The Bertz CT molecular complexity index is 725. The van der Waals surface area contributed by atoms with Gasteiger partial charge in [-0.3, -0.25) is 0 Å². The summed E-state index contributed by atoms with van der Waals surface area (Å²) < 4.78 is 2.43. The van der Waals surface area contributed by atoms with Crippen molar-refractivity contribution < 1.29 is 0 Å². The molecule has 3 rings (SSSR count). The van der Waals surface area contributed by atoms with Crippen LogP contribution >= 0.6 is 0 Å². The molecule has 0 fully saturated rings. The van der Waals surface area contributed by atoms with Crippen LogP contribution in [0.3, 0.4) is 0 Å². The van der Waals surface area contributed by atoms with E-state index in [2.05, 4.69) is 84.4 Å². The third kappa shape index (κ3) is 4.17. The SMILES string of the molecule is CCCCCCc1c(-c2ccccc2)ccn1Cc1ccccc1. The van der Waals surface area contributed by atoms with Crippen molar-refractivity contribution in [2.45, 2.75) is 45.6 Å². The number of rotatable bonds is 8. The fourth-order valence-corrected chi connectivity index (χ4v) is 3.31. The molecule has 0 radical (unpaired) electrons. The van der Waals surface area contributed by atoms with E-state index < -0.39 is 0 Å². The first-order valence-corrected chi connectivity index (χ1v) is 9.16. The fraction of sp³-hybridized carbons (Fsp3) is 0.304. The number of unbranched alkanes of at least 4 members (excludes halogenated alkanes) is 3. The number of aromatic nitrogens is 1. The van der Waals surface area contributed by atoms with Crippen molar-refractivity contribution in [3.8, 4) is 11.1 Å². The van der Waals surface area contributed by atoms with Gasteiger partial charge in [-0.15, -0.1) is 0 Å². The molecule has 3 aromatic rings. The van der Waals surface area contributed by atoms with E-state index in [1.165, 1.54) is 48.1 Å². The third-order valence-corrected chi connectivity index (χ3v) is 4.63. The topological polar surface area (TPSA) is 4.93 Å². The predicted molar refractivity (Wildman–Crippen MR) is 103 cm³/mol. The molecule has 2 aromatic carbocycles. The molecule has 0 saturated heterocycles. The van der Waals surface area contributed by atoms with Gasteiger partial charge in [-0.25, -0.2) is 0 Å². The highest BCUT2D eigenvalue weighted by Crippen LogP contribution is 2.27. The minimum Gasteiger partial charge on any atom is -0.346 e. The van der Waals surface area contributed by atoms with Gasteiger partial charge in [0.25, 0.3) is 0 Å². The molecule has 0 N–H and O–H groups in total. The second-order valence-electron chi connectivity index (χ2n) is 6.47. The highest BCUT2D eigenvalue weighted by atomic mass is 15.0. The van der Waals surface area contributed by atoms with Gasteiger partial charge >= 0.3 is 0 Å². The van der Waals surface area contributed by atoms with Gasteiger partial charge in [0.2, 0.25) is 0 Å². The van der Waals surface area contributed by atoms with E-state index in [-0.39, 0.29) is 0 Å². The Morgan fingerprint density at radius 3 is 2.17 bits per heavy atom. The molecule has 0 aliphatic heterocycles. The predicted octanol–water partition coefficient (Wildman–Crippen LogP) is 6.33. The summed E-state index contributed by atoms with van der Waals surface area (Å²) >= 11 is 0. The van der Waals surface area contributed by atoms with Crippen molar-refractivity contribution in [3.05, 3.63) is 84.2 Å². The zero-order chi connectivity index (χ0) is 16.6. The Balaban J connectivity index is 1.86. The van der Waals surface area contributed by atoms with Crippen molar-refractivity contribution in [2.75, 3.05) is 0 Å². The van der Waals surface area contributed by atoms with Crippen LogP contribution in [0.1, 0.15) is 43.9 Å². The first-order valence-electron chi connectivity index (χ1n) is 9.16. The van der Waals surface area contributed by atoms with Crippen molar-refractivity contribution in [2.24, 2.45) is 0 Å². The molecule has 1 nitrogen and oxygen atoms in total. The summed E-state index contributed by atoms with van der Waals surface area (Å²) in [5.41, 5.74) is 5.56. The Labute approximate surface area is 146 Å². The molecule has 1 heterocycles. The molecule has 0 aliphatic rings. The average Bonchev–Trinajstić information content (AvgIpc) is 3.03. The lowest BCUT2D eigenvalue weighted by Crippen LogP contribution is -2.04. The van der Waals surface area contributed by atoms with Gasteiger partial charge in [0, 0.05) is 24.0 Å². The molecule has 24 heavy (non-hydrogen) atoms. The lowest BCUT2D eigenvalue weighted by atomic mass is 10.0. The Morgan fingerprint density at radius 1 is 0.750 bits per heavy atom. The molecular formula is C23H27N. The lowest BCUT2D eigenvalue weighted by Gasteiger charge is -2.12. The monoisotopic (exact) mass is 317 g/mol. The second-order valence-corrected chi connectivity index (χ2v) is 6.47. The number of hydrogen-bond acceptors (Lipinski definition) is 0. The van der Waals surface area contributed by atoms with Crippen LogP contribution in [0.5, 0.6) is 0 Å². The van der Waals surface area contributed by atoms with Crippen molar-refractivity contribution >= 4 is 0 Å². The van der Waals surface area contributed by atoms with E-state index >= 15 is 0 Å². The van der Waals surface area contributed by atoms with Gasteiger partial charge in [-0.1, -0.05) is 86.8 Å². The summed E-state index contributed by atoms with van der Waals surface area (Å²) in [5.74, 6) is 0. The van der Waals surface area contributed by atoms with Gasteiger partial charge < -0.3 is 4.57 Å². The van der Waals surface area contributed by atoms with Crippen LogP contribution in [0.15, 0.2) is 72.9 Å². The molecule has 124 valence electrons. The molecule has 1 aromatic heterocycles. The Hall–Kier alpha value is -2.28. The first-order chi connectivity index (χ1) is 11.9. The maximum atomic E-state index is 2.43. The van der Waals surface area contributed by atoms with Crippen LogP contribution < -0.4 is 0 Å². The lowest BCUT2D eigenvalue weighted by molar-refractivity contribution is 0.639. The molecule has 0 unspecified atom stereocenters. The summed E-state index contributed by atoms with van der Waals surface area (Å²) in [4.78, 5) is 0. The van der Waals surface area contributed by atoms with Crippen LogP contribution in [0.4, 0.5) is 0 Å². The van der Waals surface area contributed by atoms with Crippen LogP contribution in [0, 0.1) is 0 Å². The molecule has 0 saturated carbocycles. The van der Waals surface area contributed by atoms with Gasteiger partial charge in [-0.2, -0.15) is 0 Å². The van der Waals surface area contributed by atoms with Gasteiger partial charge in [0.15, 0.2) is 0 Å². The highest BCUT2D eigenvalue weighted by molar-refractivity contribution is 5.66. The number of hydrogen-bond donors (Lipinski definition) is 0. The van der Waals surface area contributed by atoms with E-state index in [0.717, 1.165) is 13.0 Å². The van der Waals surface area contributed by atoms with E-state index in [1.807, 2.05) is 0 Å². The summed E-state index contributed by atoms with van der Waals surface area (Å²) in [6.45, 7) is 3.23. The quantitative estimate of drug-likeness (QED) is 0.428. The smallest absolute Gasteiger partial charge is 0.0473 e. The molecule has 0 bridgehead atoms. The minimum atomic E-state index is 0.955. The first kappa shape index (κ1) is 16.6. The zero-order valence-corrected chi connectivity index (χ0v) is 14.6. The standard InChI is InChI=1S/C23H27N/c1-2-3-4-11-16-23-22(21-14-9-6-10-15-21)17-18-24(23)19-20-12-7-5-8-13-20/h5-10,12-15,17-18H,2-4,11,16,19H2,1H3. The van der Waals surface area contributed by atoms with E-state index in [4.69, 9.17) is 0 Å². The highest BCUT2D eigenvalue weighted by Gasteiger charge is 2.11. The average molecular weight is 317 g/mol. The molecular weight excluding hydrogens is 290 g/mol. The van der Waals surface area contributed by atoms with Gasteiger partial charge in [-0.05, 0) is 30.0 Å². The summed E-state index contributed by atoms with van der Waals surface area (Å²) in [6, 6.07) is 23.8. The zero-order valence-electron chi connectivity index (χ0n) is 14.6. The van der Waals surface area contributed by atoms with Crippen LogP contribution in [-0.2, 0) is 13.0 Å². The van der Waals surface area contributed by atoms with Crippen molar-refractivity contribution in [1.82, 2.24) is 4.57 Å². The maximum Gasteiger partial charge on any atom is 0.0473 e. The van der Waals surface area contributed by atoms with Gasteiger partial charge in [0.1, 0.15) is 0 Å². The molecule has 0 aliphatic carbocycles. The van der Waals surface area contributed by atoms with Crippen LogP contribution in [0.25, 0.3) is 11.1 Å².